The maximum atomic E-state index is 3.45. The van der Waals surface area contributed by atoms with Crippen LogP contribution in [0.1, 0.15) is 51.9 Å². The van der Waals surface area contributed by atoms with Gasteiger partial charge in [-0.15, -0.1) is 0 Å². The fourth-order valence-electron chi connectivity index (χ4n) is 3.53. The van der Waals surface area contributed by atoms with Crippen molar-refractivity contribution >= 4 is 0 Å². The maximum Gasteiger partial charge on any atom is 0.0192 e. The third-order valence-corrected chi connectivity index (χ3v) is 4.77. The molecule has 0 aromatic heterocycles. The molecule has 0 bridgehead atoms. The number of nitrogens with zero attached hydrogens (tertiary/aromatic N) is 1. The van der Waals surface area contributed by atoms with Crippen LogP contribution in [0.2, 0.25) is 0 Å². The van der Waals surface area contributed by atoms with Gasteiger partial charge >= 0.3 is 0 Å². The Bertz CT molecular complexity index is 199. The summed E-state index contributed by atoms with van der Waals surface area (Å²) in [4.78, 5) is 2.74. The van der Waals surface area contributed by atoms with Crippen LogP contribution in [0.15, 0.2) is 0 Å². The van der Waals surface area contributed by atoms with Gasteiger partial charge in [0, 0.05) is 18.6 Å². The highest BCUT2D eigenvalue weighted by molar-refractivity contribution is 4.84. The Labute approximate surface area is 101 Å². The van der Waals surface area contributed by atoms with E-state index in [1.54, 1.807) is 0 Å². The van der Waals surface area contributed by atoms with E-state index < -0.39 is 0 Å². The molecule has 0 aromatic carbocycles. The van der Waals surface area contributed by atoms with Crippen molar-refractivity contribution in [2.45, 2.75) is 64.0 Å². The monoisotopic (exact) mass is 224 g/mol. The first-order valence-electron chi connectivity index (χ1n) is 7.22. The van der Waals surface area contributed by atoms with Crippen LogP contribution >= 0.6 is 0 Å². The molecule has 2 unspecified atom stereocenters. The normalized spacial score (nSPS) is 31.5. The Morgan fingerprint density at radius 2 is 1.81 bits per heavy atom. The second-order valence-corrected chi connectivity index (χ2v) is 5.76. The van der Waals surface area contributed by atoms with Gasteiger partial charge in [-0.05, 0) is 52.1 Å². The van der Waals surface area contributed by atoms with Crippen LogP contribution < -0.4 is 5.32 Å². The molecule has 0 aromatic rings. The lowest BCUT2D eigenvalue weighted by Crippen LogP contribution is -2.50. The van der Waals surface area contributed by atoms with Gasteiger partial charge in [-0.25, -0.2) is 0 Å². The summed E-state index contributed by atoms with van der Waals surface area (Å²) in [5, 5.41) is 3.45. The minimum absolute atomic E-state index is 0.736. The zero-order valence-electron chi connectivity index (χ0n) is 11.0. The molecular weight excluding hydrogens is 196 g/mol. The Kier molecular flexibility index (Phi) is 4.66. The first-order valence-corrected chi connectivity index (χ1v) is 7.22. The summed E-state index contributed by atoms with van der Waals surface area (Å²) >= 11 is 0. The van der Waals surface area contributed by atoms with Gasteiger partial charge < -0.3 is 5.32 Å². The molecule has 94 valence electrons. The quantitative estimate of drug-likeness (QED) is 0.793. The summed E-state index contributed by atoms with van der Waals surface area (Å²) in [5.41, 5.74) is 0. The van der Waals surface area contributed by atoms with E-state index in [1.807, 2.05) is 0 Å². The molecule has 2 atom stereocenters. The Hall–Kier alpha value is -0.0800. The molecule has 1 saturated heterocycles. The third kappa shape index (κ3) is 2.98. The van der Waals surface area contributed by atoms with E-state index in [4.69, 9.17) is 0 Å². The minimum atomic E-state index is 0.736. The van der Waals surface area contributed by atoms with E-state index in [0.717, 1.165) is 18.0 Å². The summed E-state index contributed by atoms with van der Waals surface area (Å²) in [6.07, 6.45) is 10.1. The van der Waals surface area contributed by atoms with Crippen LogP contribution in [0.3, 0.4) is 0 Å². The molecule has 2 nitrogen and oxygen atoms in total. The summed E-state index contributed by atoms with van der Waals surface area (Å²) in [6, 6.07) is 1.55. The van der Waals surface area contributed by atoms with E-state index >= 15 is 0 Å². The van der Waals surface area contributed by atoms with Crippen LogP contribution in [-0.4, -0.2) is 37.1 Å². The van der Waals surface area contributed by atoms with Crippen molar-refractivity contribution in [3.8, 4) is 0 Å². The number of nitrogens with one attached hydrogen (secondary N) is 1. The molecule has 16 heavy (non-hydrogen) atoms. The highest BCUT2D eigenvalue weighted by Crippen LogP contribution is 2.30. The Morgan fingerprint density at radius 3 is 2.50 bits per heavy atom. The number of hydrogen-bond acceptors (Lipinski definition) is 2. The molecule has 2 aliphatic rings. The van der Waals surface area contributed by atoms with Gasteiger partial charge in [0.05, 0.1) is 0 Å². The van der Waals surface area contributed by atoms with Crippen molar-refractivity contribution in [1.82, 2.24) is 10.2 Å². The average molecular weight is 224 g/mol. The molecule has 0 amide bonds. The van der Waals surface area contributed by atoms with Gasteiger partial charge in [-0.2, -0.15) is 0 Å². The molecule has 1 saturated carbocycles. The second-order valence-electron chi connectivity index (χ2n) is 5.76. The van der Waals surface area contributed by atoms with Gasteiger partial charge in [-0.3, -0.25) is 4.90 Å². The van der Waals surface area contributed by atoms with Crippen molar-refractivity contribution in [1.29, 1.82) is 0 Å². The Balaban J connectivity index is 1.84. The lowest BCUT2D eigenvalue weighted by atomic mass is 9.83. The van der Waals surface area contributed by atoms with Crippen LogP contribution in [0.5, 0.6) is 0 Å². The van der Waals surface area contributed by atoms with Gasteiger partial charge in [0.1, 0.15) is 0 Å². The first-order chi connectivity index (χ1) is 7.81. The van der Waals surface area contributed by atoms with Gasteiger partial charge in [0.2, 0.25) is 0 Å². The van der Waals surface area contributed by atoms with Crippen LogP contribution in [-0.2, 0) is 0 Å². The van der Waals surface area contributed by atoms with Crippen molar-refractivity contribution in [2.24, 2.45) is 5.92 Å². The van der Waals surface area contributed by atoms with E-state index in [0.29, 0.717) is 0 Å². The zero-order valence-corrected chi connectivity index (χ0v) is 11.0. The highest BCUT2D eigenvalue weighted by Gasteiger charge is 2.28. The standard InChI is InChI=1S/C14H28N2/c1-12(13-7-4-3-5-8-13)16-10-6-9-14(11-16)15-2/h12-15H,3-11H2,1-2H3. The minimum Gasteiger partial charge on any atom is -0.316 e. The molecular formula is C14H28N2. The number of piperidine rings is 1. The van der Waals surface area contributed by atoms with E-state index in [2.05, 4.69) is 24.2 Å². The predicted octanol–water partition coefficient (Wildman–Crippen LogP) is 2.64. The average Bonchev–Trinajstić information content (AvgIpc) is 2.39. The number of rotatable bonds is 3. The molecule has 1 N–H and O–H groups in total. The molecule has 2 fully saturated rings. The van der Waals surface area contributed by atoms with Crippen LogP contribution in [0.4, 0.5) is 0 Å². The fourth-order valence-corrected chi connectivity index (χ4v) is 3.53. The van der Waals surface area contributed by atoms with E-state index in [-0.39, 0.29) is 0 Å². The Morgan fingerprint density at radius 1 is 1.06 bits per heavy atom. The maximum absolute atomic E-state index is 3.45. The number of likely N-dealkylation sites (N-methyl/N-ethyl adjacent to an activating group) is 1. The third-order valence-electron chi connectivity index (χ3n) is 4.77. The molecule has 0 spiro atoms. The van der Waals surface area contributed by atoms with Crippen molar-refractivity contribution < 1.29 is 0 Å². The second kappa shape index (κ2) is 6.02. The van der Waals surface area contributed by atoms with Crippen molar-refractivity contribution in [3.05, 3.63) is 0 Å². The van der Waals surface area contributed by atoms with Crippen LogP contribution in [0.25, 0.3) is 0 Å². The predicted molar refractivity (Wildman–Crippen MR) is 69.7 cm³/mol. The zero-order chi connectivity index (χ0) is 11.4. The molecule has 1 aliphatic heterocycles. The summed E-state index contributed by atoms with van der Waals surface area (Å²) < 4.78 is 0. The summed E-state index contributed by atoms with van der Waals surface area (Å²) in [6.45, 7) is 5.07. The number of likely N-dealkylation sites (tertiary alicyclic amines) is 1. The lowest BCUT2D eigenvalue weighted by Gasteiger charge is -2.41. The molecule has 1 heterocycles. The van der Waals surface area contributed by atoms with Gasteiger partial charge in [0.25, 0.3) is 0 Å². The fraction of sp³-hybridized carbons (Fsp3) is 1.00. The molecule has 2 heteroatoms. The first kappa shape index (κ1) is 12.4. The molecule has 0 radical (unpaired) electrons. The van der Waals surface area contributed by atoms with Gasteiger partial charge in [-0.1, -0.05) is 19.3 Å². The van der Waals surface area contributed by atoms with Crippen LogP contribution in [0, 0.1) is 5.92 Å². The van der Waals surface area contributed by atoms with Gasteiger partial charge in [0.15, 0.2) is 0 Å². The lowest BCUT2D eigenvalue weighted by molar-refractivity contribution is 0.0940. The largest absolute Gasteiger partial charge is 0.316 e. The van der Waals surface area contributed by atoms with Crippen molar-refractivity contribution in [3.63, 3.8) is 0 Å². The number of hydrogen-bond donors (Lipinski definition) is 1. The SMILES string of the molecule is CNC1CCCN(C(C)C2CCCCC2)C1. The summed E-state index contributed by atoms with van der Waals surface area (Å²) in [7, 11) is 2.11. The highest BCUT2D eigenvalue weighted by atomic mass is 15.2. The molecule has 1 aliphatic carbocycles. The smallest absolute Gasteiger partial charge is 0.0192 e. The summed E-state index contributed by atoms with van der Waals surface area (Å²) in [5.74, 6) is 0.976. The van der Waals surface area contributed by atoms with Crippen molar-refractivity contribution in [2.75, 3.05) is 20.1 Å². The van der Waals surface area contributed by atoms with E-state index in [9.17, 15) is 0 Å². The molecule has 2 rings (SSSR count). The van der Waals surface area contributed by atoms with E-state index in [1.165, 1.54) is 58.0 Å². The topological polar surface area (TPSA) is 15.3 Å².